The molecule has 1 rings (SSSR count). The Labute approximate surface area is 99.5 Å². The minimum Gasteiger partial charge on any atom is -0.385 e. The summed E-state index contributed by atoms with van der Waals surface area (Å²) in [5.41, 5.74) is 3.97. The van der Waals surface area contributed by atoms with Crippen LogP contribution in [0.15, 0.2) is 18.2 Å². The van der Waals surface area contributed by atoms with Crippen molar-refractivity contribution in [1.82, 2.24) is 5.32 Å². The van der Waals surface area contributed by atoms with Crippen molar-refractivity contribution in [2.75, 3.05) is 25.5 Å². The Hall–Kier alpha value is -1.02. The number of aryl methyl sites for hydroxylation is 2. The Morgan fingerprint density at radius 3 is 2.38 bits per heavy atom. The van der Waals surface area contributed by atoms with E-state index in [4.69, 9.17) is 0 Å². The molecule has 0 aromatic heterocycles. The summed E-state index contributed by atoms with van der Waals surface area (Å²) in [6.07, 6.45) is 3.80. The van der Waals surface area contributed by atoms with Gasteiger partial charge >= 0.3 is 0 Å². The van der Waals surface area contributed by atoms with Crippen molar-refractivity contribution >= 4 is 5.69 Å². The van der Waals surface area contributed by atoms with Gasteiger partial charge in [0.25, 0.3) is 0 Å². The predicted molar refractivity (Wildman–Crippen MR) is 72.2 cm³/mol. The number of hydrogen-bond donors (Lipinski definition) is 2. The molecule has 0 heterocycles. The van der Waals surface area contributed by atoms with E-state index >= 15 is 0 Å². The molecule has 0 aliphatic heterocycles. The van der Waals surface area contributed by atoms with Gasteiger partial charge < -0.3 is 10.6 Å². The fourth-order valence-corrected chi connectivity index (χ4v) is 1.69. The van der Waals surface area contributed by atoms with Crippen molar-refractivity contribution in [3.05, 3.63) is 29.3 Å². The minimum absolute atomic E-state index is 1.08. The lowest BCUT2D eigenvalue weighted by Crippen LogP contribution is -2.08. The van der Waals surface area contributed by atoms with Gasteiger partial charge in [-0.1, -0.05) is 12.5 Å². The fourth-order valence-electron chi connectivity index (χ4n) is 1.69. The van der Waals surface area contributed by atoms with Crippen LogP contribution in [0.1, 0.15) is 30.4 Å². The molecule has 2 nitrogen and oxygen atoms in total. The predicted octanol–water partition coefficient (Wildman–Crippen LogP) is 3.11. The van der Waals surface area contributed by atoms with Gasteiger partial charge in [-0.25, -0.2) is 0 Å². The van der Waals surface area contributed by atoms with Crippen LogP contribution in [0.2, 0.25) is 0 Å². The Morgan fingerprint density at radius 1 is 0.938 bits per heavy atom. The average molecular weight is 220 g/mol. The Bertz CT molecular complexity index is 308. The molecule has 0 saturated heterocycles. The highest BCUT2D eigenvalue weighted by Crippen LogP contribution is 2.14. The molecule has 2 N–H and O–H groups in total. The number of benzene rings is 1. The maximum atomic E-state index is 3.47. The molecular formula is C14H24N2. The smallest absolute Gasteiger partial charge is 0.0342 e. The van der Waals surface area contributed by atoms with Crippen LogP contribution >= 0.6 is 0 Å². The molecule has 1 aromatic carbocycles. The second-order valence-electron chi connectivity index (χ2n) is 4.39. The molecule has 0 bridgehead atoms. The normalized spacial score (nSPS) is 10.4. The van der Waals surface area contributed by atoms with Crippen molar-refractivity contribution in [2.24, 2.45) is 0 Å². The number of rotatable bonds is 7. The second-order valence-corrected chi connectivity index (χ2v) is 4.39. The lowest BCUT2D eigenvalue weighted by Gasteiger charge is -2.08. The highest BCUT2D eigenvalue weighted by atomic mass is 14.9. The highest BCUT2D eigenvalue weighted by molar-refractivity contribution is 5.47. The first-order chi connectivity index (χ1) is 7.74. The molecule has 0 fully saturated rings. The Morgan fingerprint density at radius 2 is 1.69 bits per heavy atom. The van der Waals surface area contributed by atoms with Crippen LogP contribution in [-0.4, -0.2) is 20.1 Å². The highest BCUT2D eigenvalue weighted by Gasteiger charge is 1.95. The zero-order valence-corrected chi connectivity index (χ0v) is 10.8. The van der Waals surface area contributed by atoms with E-state index in [0.29, 0.717) is 0 Å². The van der Waals surface area contributed by atoms with Gasteiger partial charge in [-0.05, 0) is 63.5 Å². The van der Waals surface area contributed by atoms with E-state index in [9.17, 15) is 0 Å². The largest absolute Gasteiger partial charge is 0.385 e. The van der Waals surface area contributed by atoms with E-state index in [1.54, 1.807) is 0 Å². The van der Waals surface area contributed by atoms with Crippen molar-refractivity contribution < 1.29 is 0 Å². The SMILES string of the molecule is CNCCCCCNc1ccc(C)c(C)c1. The van der Waals surface area contributed by atoms with Gasteiger partial charge in [-0.3, -0.25) is 0 Å². The van der Waals surface area contributed by atoms with Crippen molar-refractivity contribution in [3.63, 3.8) is 0 Å². The molecule has 0 amide bonds. The molecule has 0 atom stereocenters. The first-order valence-electron chi connectivity index (χ1n) is 6.20. The van der Waals surface area contributed by atoms with Crippen LogP contribution in [0.25, 0.3) is 0 Å². The number of anilines is 1. The molecule has 0 aliphatic rings. The molecule has 1 aromatic rings. The summed E-state index contributed by atoms with van der Waals surface area (Å²) in [5.74, 6) is 0. The fraction of sp³-hybridized carbons (Fsp3) is 0.571. The molecule has 0 aliphatic carbocycles. The van der Waals surface area contributed by atoms with E-state index in [1.807, 2.05) is 7.05 Å². The average Bonchev–Trinajstić information content (AvgIpc) is 2.28. The third kappa shape index (κ3) is 4.67. The molecule has 0 spiro atoms. The molecule has 0 radical (unpaired) electrons. The first kappa shape index (κ1) is 13.0. The Balaban J connectivity index is 2.19. The molecule has 0 saturated carbocycles. The molecule has 0 unspecified atom stereocenters. The topological polar surface area (TPSA) is 24.1 Å². The van der Waals surface area contributed by atoms with E-state index in [2.05, 4.69) is 42.7 Å². The number of nitrogens with one attached hydrogen (secondary N) is 2. The van der Waals surface area contributed by atoms with Crippen molar-refractivity contribution in [3.8, 4) is 0 Å². The minimum atomic E-state index is 1.08. The van der Waals surface area contributed by atoms with Crippen molar-refractivity contribution in [1.29, 1.82) is 0 Å². The van der Waals surface area contributed by atoms with Crippen molar-refractivity contribution in [2.45, 2.75) is 33.1 Å². The maximum Gasteiger partial charge on any atom is 0.0342 e. The molecule has 90 valence electrons. The quantitative estimate of drug-likeness (QED) is 0.690. The summed E-state index contributed by atoms with van der Waals surface area (Å²) in [4.78, 5) is 0. The molecular weight excluding hydrogens is 196 g/mol. The van der Waals surface area contributed by atoms with Crippen LogP contribution in [-0.2, 0) is 0 Å². The summed E-state index contributed by atoms with van der Waals surface area (Å²) >= 11 is 0. The van der Waals surface area contributed by atoms with Gasteiger partial charge in [-0.2, -0.15) is 0 Å². The van der Waals surface area contributed by atoms with E-state index in [0.717, 1.165) is 13.1 Å². The van der Waals surface area contributed by atoms with Gasteiger partial charge in [0.15, 0.2) is 0 Å². The van der Waals surface area contributed by atoms with Crippen LogP contribution in [0, 0.1) is 13.8 Å². The van der Waals surface area contributed by atoms with E-state index in [1.165, 1.54) is 36.1 Å². The van der Waals surface area contributed by atoms with Gasteiger partial charge in [0.05, 0.1) is 0 Å². The zero-order chi connectivity index (χ0) is 11.8. The third-order valence-electron chi connectivity index (χ3n) is 2.94. The lowest BCUT2D eigenvalue weighted by molar-refractivity contribution is 0.655. The Kier molecular flexibility index (Phi) is 5.94. The van der Waals surface area contributed by atoms with Gasteiger partial charge in [-0.15, -0.1) is 0 Å². The molecule has 16 heavy (non-hydrogen) atoms. The first-order valence-corrected chi connectivity index (χ1v) is 6.20. The van der Waals surface area contributed by atoms with Crippen LogP contribution in [0.3, 0.4) is 0 Å². The summed E-state index contributed by atoms with van der Waals surface area (Å²) in [7, 11) is 2.01. The molecule has 2 heteroatoms. The second kappa shape index (κ2) is 7.29. The monoisotopic (exact) mass is 220 g/mol. The summed E-state index contributed by atoms with van der Waals surface area (Å²) < 4.78 is 0. The summed E-state index contributed by atoms with van der Waals surface area (Å²) in [6, 6.07) is 6.57. The van der Waals surface area contributed by atoms with Gasteiger partial charge in [0, 0.05) is 12.2 Å². The zero-order valence-electron chi connectivity index (χ0n) is 10.8. The number of hydrogen-bond acceptors (Lipinski definition) is 2. The van der Waals surface area contributed by atoms with Crippen LogP contribution in [0.4, 0.5) is 5.69 Å². The summed E-state index contributed by atoms with van der Waals surface area (Å²) in [6.45, 7) is 6.51. The lowest BCUT2D eigenvalue weighted by atomic mass is 10.1. The van der Waals surface area contributed by atoms with E-state index < -0.39 is 0 Å². The van der Waals surface area contributed by atoms with Gasteiger partial charge in [0.1, 0.15) is 0 Å². The van der Waals surface area contributed by atoms with Crippen LogP contribution < -0.4 is 10.6 Å². The van der Waals surface area contributed by atoms with Crippen LogP contribution in [0.5, 0.6) is 0 Å². The number of unbranched alkanes of at least 4 members (excludes halogenated alkanes) is 2. The third-order valence-corrected chi connectivity index (χ3v) is 2.94. The maximum absolute atomic E-state index is 3.47. The summed E-state index contributed by atoms with van der Waals surface area (Å²) in [5, 5.41) is 6.64. The van der Waals surface area contributed by atoms with Gasteiger partial charge in [0.2, 0.25) is 0 Å². The van der Waals surface area contributed by atoms with E-state index in [-0.39, 0.29) is 0 Å². The standard InChI is InChI=1S/C14H24N2/c1-12-7-8-14(11-13(12)2)16-10-6-4-5-9-15-3/h7-8,11,15-16H,4-6,9-10H2,1-3H3.